The first-order valence-corrected chi connectivity index (χ1v) is 6.53. The quantitative estimate of drug-likeness (QED) is 0.824. The minimum absolute atomic E-state index is 0.137. The maximum absolute atomic E-state index is 12.2. The molecule has 0 saturated carbocycles. The Balaban J connectivity index is 2.84. The van der Waals surface area contributed by atoms with Gasteiger partial charge in [0.1, 0.15) is 0 Å². The second kappa shape index (κ2) is 6.60. The van der Waals surface area contributed by atoms with Crippen LogP contribution in [0.5, 0.6) is 0 Å². The van der Waals surface area contributed by atoms with Crippen molar-refractivity contribution in [1.29, 1.82) is 0 Å². The van der Waals surface area contributed by atoms with Crippen molar-refractivity contribution in [3.05, 3.63) is 34.2 Å². The molecule has 1 heterocycles. The molecule has 96 valence electrons. The second-order valence-electron chi connectivity index (χ2n) is 4.69. The normalized spacial score (nSPS) is 14.6. The summed E-state index contributed by atoms with van der Waals surface area (Å²) in [5, 5.41) is 3.36. The molecular formula is C14H24N2O. The van der Waals surface area contributed by atoms with Gasteiger partial charge in [0.05, 0.1) is 0 Å². The fourth-order valence-corrected chi connectivity index (χ4v) is 1.66. The van der Waals surface area contributed by atoms with Gasteiger partial charge in [-0.05, 0) is 32.8 Å². The molecule has 0 aliphatic heterocycles. The lowest BCUT2D eigenvalue weighted by atomic mass is 10.2. The van der Waals surface area contributed by atoms with Crippen molar-refractivity contribution in [2.45, 2.75) is 59.2 Å². The number of pyridine rings is 1. The lowest BCUT2D eigenvalue weighted by molar-refractivity contribution is 0.498. The van der Waals surface area contributed by atoms with Gasteiger partial charge in [0.25, 0.3) is 5.56 Å². The molecule has 3 nitrogen and oxygen atoms in total. The molecule has 1 aromatic rings. The summed E-state index contributed by atoms with van der Waals surface area (Å²) in [5.74, 6) is 0. The van der Waals surface area contributed by atoms with Gasteiger partial charge in [0.2, 0.25) is 0 Å². The van der Waals surface area contributed by atoms with Gasteiger partial charge < -0.3 is 9.88 Å². The van der Waals surface area contributed by atoms with Crippen molar-refractivity contribution in [1.82, 2.24) is 9.88 Å². The maximum atomic E-state index is 12.2. The van der Waals surface area contributed by atoms with E-state index in [9.17, 15) is 4.79 Å². The third-order valence-corrected chi connectivity index (χ3v) is 3.37. The molecule has 0 bridgehead atoms. The fourth-order valence-electron chi connectivity index (χ4n) is 1.66. The zero-order chi connectivity index (χ0) is 12.8. The third-order valence-electron chi connectivity index (χ3n) is 3.37. The fraction of sp³-hybridized carbons (Fsp3) is 0.643. The molecule has 0 fully saturated rings. The van der Waals surface area contributed by atoms with E-state index in [4.69, 9.17) is 0 Å². The van der Waals surface area contributed by atoms with E-state index in [1.165, 1.54) is 0 Å². The Morgan fingerprint density at radius 1 is 1.29 bits per heavy atom. The van der Waals surface area contributed by atoms with Crippen LogP contribution in [0.4, 0.5) is 0 Å². The van der Waals surface area contributed by atoms with Gasteiger partial charge in [0.15, 0.2) is 0 Å². The maximum Gasteiger partial charge on any atom is 0.255 e. The van der Waals surface area contributed by atoms with Crippen LogP contribution in [0.3, 0.4) is 0 Å². The molecule has 2 unspecified atom stereocenters. The molecule has 1 rings (SSSR count). The van der Waals surface area contributed by atoms with E-state index in [-0.39, 0.29) is 11.6 Å². The zero-order valence-electron chi connectivity index (χ0n) is 11.4. The average molecular weight is 236 g/mol. The summed E-state index contributed by atoms with van der Waals surface area (Å²) in [7, 11) is 0. The standard InChI is InChI=1S/C14H24N2O/c1-5-11(3)15-10-13-8-7-9-16(14(13)17)12(4)6-2/h7-9,11-12,15H,5-6,10H2,1-4H3. The highest BCUT2D eigenvalue weighted by atomic mass is 16.1. The summed E-state index contributed by atoms with van der Waals surface area (Å²) in [6.45, 7) is 9.11. The number of rotatable bonds is 6. The lowest BCUT2D eigenvalue weighted by Crippen LogP contribution is -2.31. The SMILES string of the molecule is CCC(C)NCc1cccn(C(C)CC)c1=O. The van der Waals surface area contributed by atoms with E-state index < -0.39 is 0 Å². The smallest absolute Gasteiger partial charge is 0.255 e. The molecular weight excluding hydrogens is 212 g/mol. The Labute approximate surface area is 104 Å². The van der Waals surface area contributed by atoms with Gasteiger partial charge in [-0.1, -0.05) is 19.9 Å². The topological polar surface area (TPSA) is 34.0 Å². The summed E-state index contributed by atoms with van der Waals surface area (Å²) in [6.07, 6.45) is 3.93. The summed E-state index contributed by atoms with van der Waals surface area (Å²) in [5.41, 5.74) is 0.991. The molecule has 0 aliphatic rings. The van der Waals surface area contributed by atoms with Gasteiger partial charge in [-0.15, -0.1) is 0 Å². The van der Waals surface area contributed by atoms with Gasteiger partial charge in [-0.2, -0.15) is 0 Å². The van der Waals surface area contributed by atoms with E-state index in [0.717, 1.165) is 18.4 Å². The predicted molar refractivity (Wildman–Crippen MR) is 72.3 cm³/mol. The molecule has 0 aromatic carbocycles. The minimum Gasteiger partial charge on any atom is -0.312 e. The Morgan fingerprint density at radius 3 is 2.59 bits per heavy atom. The van der Waals surface area contributed by atoms with Gasteiger partial charge in [-0.25, -0.2) is 0 Å². The van der Waals surface area contributed by atoms with Crippen molar-refractivity contribution in [3.63, 3.8) is 0 Å². The molecule has 0 radical (unpaired) electrons. The highest BCUT2D eigenvalue weighted by Gasteiger charge is 2.08. The van der Waals surface area contributed by atoms with E-state index >= 15 is 0 Å². The lowest BCUT2D eigenvalue weighted by Gasteiger charge is -2.15. The number of hydrogen-bond acceptors (Lipinski definition) is 2. The first kappa shape index (κ1) is 14.0. The summed E-state index contributed by atoms with van der Waals surface area (Å²) in [4.78, 5) is 12.2. The van der Waals surface area contributed by atoms with Crippen LogP contribution in [-0.4, -0.2) is 10.6 Å². The third kappa shape index (κ3) is 3.70. The molecule has 1 N–H and O–H groups in total. The number of nitrogens with zero attached hydrogens (tertiary/aromatic N) is 1. The highest BCUT2D eigenvalue weighted by molar-refractivity contribution is 5.10. The van der Waals surface area contributed by atoms with Crippen molar-refractivity contribution in [2.75, 3.05) is 0 Å². The number of aromatic nitrogens is 1. The van der Waals surface area contributed by atoms with Crippen LogP contribution < -0.4 is 10.9 Å². The van der Waals surface area contributed by atoms with Crippen molar-refractivity contribution in [3.8, 4) is 0 Å². The van der Waals surface area contributed by atoms with Crippen LogP contribution in [0.1, 0.15) is 52.1 Å². The number of nitrogens with one attached hydrogen (secondary N) is 1. The Hall–Kier alpha value is -1.09. The average Bonchev–Trinajstić information content (AvgIpc) is 2.36. The van der Waals surface area contributed by atoms with E-state index in [2.05, 4.69) is 33.0 Å². The summed E-state index contributed by atoms with van der Waals surface area (Å²) < 4.78 is 1.83. The van der Waals surface area contributed by atoms with Crippen LogP contribution in [0.25, 0.3) is 0 Å². The first-order chi connectivity index (χ1) is 8.10. The second-order valence-corrected chi connectivity index (χ2v) is 4.69. The monoisotopic (exact) mass is 236 g/mol. The largest absolute Gasteiger partial charge is 0.312 e. The summed E-state index contributed by atoms with van der Waals surface area (Å²) >= 11 is 0. The molecule has 2 atom stereocenters. The summed E-state index contributed by atoms with van der Waals surface area (Å²) in [6, 6.07) is 4.59. The Kier molecular flexibility index (Phi) is 5.42. The molecule has 1 aromatic heterocycles. The number of hydrogen-bond donors (Lipinski definition) is 1. The molecule has 0 aliphatic carbocycles. The van der Waals surface area contributed by atoms with Crippen LogP contribution in [0.2, 0.25) is 0 Å². The Bertz CT molecular complexity index is 397. The van der Waals surface area contributed by atoms with Crippen molar-refractivity contribution < 1.29 is 0 Å². The zero-order valence-corrected chi connectivity index (χ0v) is 11.4. The Morgan fingerprint density at radius 2 is 2.00 bits per heavy atom. The molecule has 3 heteroatoms. The van der Waals surface area contributed by atoms with E-state index in [1.54, 1.807) is 0 Å². The minimum atomic E-state index is 0.137. The predicted octanol–water partition coefficient (Wildman–Crippen LogP) is 2.71. The van der Waals surface area contributed by atoms with E-state index in [1.807, 2.05) is 22.9 Å². The van der Waals surface area contributed by atoms with E-state index in [0.29, 0.717) is 12.6 Å². The molecule has 0 spiro atoms. The van der Waals surface area contributed by atoms with Crippen LogP contribution >= 0.6 is 0 Å². The van der Waals surface area contributed by atoms with Gasteiger partial charge in [-0.3, -0.25) is 4.79 Å². The molecule has 0 amide bonds. The van der Waals surface area contributed by atoms with Gasteiger partial charge >= 0.3 is 0 Å². The molecule has 17 heavy (non-hydrogen) atoms. The van der Waals surface area contributed by atoms with Crippen LogP contribution in [-0.2, 0) is 6.54 Å². The van der Waals surface area contributed by atoms with Gasteiger partial charge in [0, 0.05) is 30.4 Å². The molecule has 0 saturated heterocycles. The highest BCUT2D eigenvalue weighted by Crippen LogP contribution is 2.06. The van der Waals surface area contributed by atoms with Crippen LogP contribution in [0.15, 0.2) is 23.1 Å². The van der Waals surface area contributed by atoms with Crippen molar-refractivity contribution >= 4 is 0 Å². The first-order valence-electron chi connectivity index (χ1n) is 6.53. The van der Waals surface area contributed by atoms with Crippen LogP contribution in [0, 0.1) is 0 Å². The van der Waals surface area contributed by atoms with Crippen molar-refractivity contribution in [2.24, 2.45) is 0 Å².